The number of hydrogen-bond acceptors (Lipinski definition) is 4. The average Bonchev–Trinajstić information content (AvgIpc) is 3.23. The molecule has 1 aromatic rings. The molecule has 2 aliphatic heterocycles. The molecule has 3 fully saturated rings. The van der Waals surface area contributed by atoms with Crippen molar-refractivity contribution in [3.63, 3.8) is 0 Å². The Balaban J connectivity index is 0.00000121. The number of aliphatic hydroxyl groups is 1. The molecule has 0 amide bonds. The minimum absolute atomic E-state index is 0. The Hall–Kier alpha value is -0.590. The number of fused-ring (bicyclic) bond motifs is 1. The quantitative estimate of drug-likeness (QED) is 0.806. The number of nitrogens with zero attached hydrogens (tertiary/aromatic N) is 1. The number of likely N-dealkylation sites (tertiary alicyclic amines) is 1. The van der Waals surface area contributed by atoms with Crippen molar-refractivity contribution in [3.05, 3.63) is 29.6 Å². The zero-order valence-corrected chi connectivity index (χ0v) is 16.5. The number of aliphatic hydroxyl groups excluding tert-OH is 1. The lowest BCUT2D eigenvalue weighted by molar-refractivity contribution is -0.0247. The molecule has 2 saturated heterocycles. The summed E-state index contributed by atoms with van der Waals surface area (Å²) in [5.74, 6) is 1.10. The number of nitrogens with one attached hydrogen (secondary N) is 1. The van der Waals surface area contributed by atoms with Gasteiger partial charge in [-0.05, 0) is 69.8 Å². The van der Waals surface area contributed by atoms with Crippen LogP contribution >= 0.6 is 24.8 Å². The normalized spacial score (nSPS) is 31.0. The van der Waals surface area contributed by atoms with Crippen LogP contribution in [0.25, 0.3) is 0 Å². The first-order chi connectivity index (χ1) is 11.7. The van der Waals surface area contributed by atoms with Crippen molar-refractivity contribution < 1.29 is 14.2 Å². The van der Waals surface area contributed by atoms with E-state index in [0.29, 0.717) is 29.7 Å². The minimum atomic E-state index is -0.507. The van der Waals surface area contributed by atoms with E-state index in [9.17, 15) is 9.50 Å². The first-order valence-electron chi connectivity index (χ1n) is 9.26. The number of ether oxygens (including phenoxy) is 1. The molecule has 4 atom stereocenters. The summed E-state index contributed by atoms with van der Waals surface area (Å²) in [6.45, 7) is 4.69. The summed E-state index contributed by atoms with van der Waals surface area (Å²) >= 11 is 0. The van der Waals surface area contributed by atoms with Gasteiger partial charge in [-0.15, -0.1) is 24.8 Å². The summed E-state index contributed by atoms with van der Waals surface area (Å²) < 4.78 is 20.8. The van der Waals surface area contributed by atoms with Crippen molar-refractivity contribution in [1.82, 2.24) is 10.2 Å². The predicted octanol–water partition coefficient (Wildman–Crippen LogP) is 3.00. The number of hydrogen-bond donors (Lipinski definition) is 2. The van der Waals surface area contributed by atoms with Gasteiger partial charge in [0.15, 0.2) is 11.6 Å². The molecule has 2 N–H and O–H groups in total. The third kappa shape index (κ3) is 4.63. The van der Waals surface area contributed by atoms with Gasteiger partial charge in [-0.25, -0.2) is 4.39 Å². The molecule has 3 aliphatic rings. The van der Waals surface area contributed by atoms with Crippen LogP contribution in [0.4, 0.5) is 4.39 Å². The Morgan fingerprint density at radius 1 is 1.12 bits per heavy atom. The lowest BCUT2D eigenvalue weighted by Crippen LogP contribution is -2.42. The molecule has 0 aromatic heterocycles. The van der Waals surface area contributed by atoms with E-state index >= 15 is 0 Å². The van der Waals surface area contributed by atoms with Crippen LogP contribution in [0.1, 0.15) is 31.2 Å². The van der Waals surface area contributed by atoms with Crippen molar-refractivity contribution in [2.75, 3.05) is 26.2 Å². The van der Waals surface area contributed by atoms with Crippen LogP contribution < -0.4 is 10.1 Å². The Morgan fingerprint density at radius 3 is 2.54 bits per heavy atom. The van der Waals surface area contributed by atoms with Crippen LogP contribution in [-0.2, 0) is 6.54 Å². The largest absolute Gasteiger partial charge is 0.485 e. The molecule has 0 unspecified atom stereocenters. The summed E-state index contributed by atoms with van der Waals surface area (Å²) in [6.07, 6.45) is 3.13. The highest BCUT2D eigenvalue weighted by atomic mass is 35.5. The van der Waals surface area contributed by atoms with Gasteiger partial charge in [0, 0.05) is 12.1 Å². The summed E-state index contributed by atoms with van der Waals surface area (Å²) in [7, 11) is 0. The second kappa shape index (κ2) is 9.56. The van der Waals surface area contributed by atoms with E-state index < -0.39 is 6.10 Å². The maximum atomic E-state index is 14.8. The maximum Gasteiger partial charge on any atom is 0.169 e. The van der Waals surface area contributed by atoms with Crippen molar-refractivity contribution in [1.29, 1.82) is 0 Å². The lowest BCUT2D eigenvalue weighted by Gasteiger charge is -2.35. The van der Waals surface area contributed by atoms with Gasteiger partial charge in [0.25, 0.3) is 0 Å². The molecule has 26 heavy (non-hydrogen) atoms. The molecule has 2 heterocycles. The van der Waals surface area contributed by atoms with E-state index in [2.05, 4.69) is 10.2 Å². The molecular formula is C19H29Cl2FN2O2. The molecule has 4 rings (SSSR count). The fourth-order valence-corrected chi connectivity index (χ4v) is 4.50. The molecule has 1 aromatic carbocycles. The molecule has 7 heteroatoms. The van der Waals surface area contributed by atoms with Crippen LogP contribution in [0.5, 0.6) is 5.75 Å². The third-order valence-corrected chi connectivity index (χ3v) is 5.90. The SMILES string of the molecule is Cl.Cl.O[C@@H]1C[C@H]2CNC[C@H]2C[C@H]1Oc1cccc(CN2CCCC2)c1F. The van der Waals surface area contributed by atoms with Crippen molar-refractivity contribution in [3.8, 4) is 5.75 Å². The van der Waals surface area contributed by atoms with Crippen LogP contribution in [0.15, 0.2) is 18.2 Å². The first kappa shape index (κ1) is 21.7. The molecule has 4 nitrogen and oxygen atoms in total. The van der Waals surface area contributed by atoms with Crippen molar-refractivity contribution in [2.24, 2.45) is 11.8 Å². The summed E-state index contributed by atoms with van der Waals surface area (Å²) in [5, 5.41) is 13.8. The van der Waals surface area contributed by atoms with Crippen LogP contribution in [0, 0.1) is 17.7 Å². The molecule has 148 valence electrons. The summed E-state index contributed by atoms with van der Waals surface area (Å²) in [5.41, 5.74) is 0.695. The highest BCUT2D eigenvalue weighted by Crippen LogP contribution is 2.35. The van der Waals surface area contributed by atoms with Crippen LogP contribution in [0.3, 0.4) is 0 Å². The van der Waals surface area contributed by atoms with Gasteiger partial charge < -0.3 is 15.2 Å². The Morgan fingerprint density at radius 2 is 1.81 bits per heavy atom. The van der Waals surface area contributed by atoms with E-state index in [-0.39, 0.29) is 36.7 Å². The Bertz CT molecular complexity index is 587. The van der Waals surface area contributed by atoms with E-state index in [1.165, 1.54) is 12.8 Å². The van der Waals surface area contributed by atoms with Crippen molar-refractivity contribution in [2.45, 2.75) is 44.4 Å². The fraction of sp³-hybridized carbons (Fsp3) is 0.684. The maximum absolute atomic E-state index is 14.8. The molecular weight excluding hydrogens is 378 g/mol. The average molecular weight is 407 g/mol. The van der Waals surface area contributed by atoms with E-state index in [4.69, 9.17) is 4.74 Å². The van der Waals surface area contributed by atoms with Gasteiger partial charge in [0.2, 0.25) is 0 Å². The lowest BCUT2D eigenvalue weighted by atomic mass is 9.78. The van der Waals surface area contributed by atoms with Gasteiger partial charge in [0.05, 0.1) is 6.10 Å². The zero-order valence-electron chi connectivity index (χ0n) is 14.9. The fourth-order valence-electron chi connectivity index (χ4n) is 4.50. The van der Waals surface area contributed by atoms with Gasteiger partial charge in [-0.3, -0.25) is 4.90 Å². The highest BCUT2D eigenvalue weighted by molar-refractivity contribution is 5.85. The monoisotopic (exact) mass is 406 g/mol. The third-order valence-electron chi connectivity index (χ3n) is 5.90. The standard InChI is InChI=1S/C19H27FN2O2.2ClH/c20-19-13(12-22-6-1-2-7-22)4-3-5-17(19)24-18-9-15-11-21-10-14(15)8-16(18)23;;/h3-5,14-16,18,21,23H,1-2,6-12H2;2*1H/t14-,15+,16+,18+;;/m0../s1. The number of rotatable bonds is 4. The second-order valence-corrected chi connectivity index (χ2v) is 7.59. The van der Waals surface area contributed by atoms with Crippen molar-refractivity contribution >= 4 is 24.8 Å². The van der Waals surface area contributed by atoms with E-state index in [1.54, 1.807) is 6.07 Å². The number of benzene rings is 1. The van der Waals surface area contributed by atoms with Crippen LogP contribution in [-0.4, -0.2) is 48.4 Å². The molecule has 0 radical (unpaired) electrons. The zero-order chi connectivity index (χ0) is 16.5. The molecule has 1 saturated carbocycles. The van der Waals surface area contributed by atoms with Gasteiger partial charge in [-0.2, -0.15) is 0 Å². The Labute approximate surface area is 167 Å². The van der Waals surface area contributed by atoms with Crippen LogP contribution in [0.2, 0.25) is 0 Å². The van der Waals surface area contributed by atoms with E-state index in [1.807, 2.05) is 12.1 Å². The van der Waals surface area contributed by atoms with Gasteiger partial charge in [-0.1, -0.05) is 12.1 Å². The Kier molecular flexibility index (Phi) is 7.98. The minimum Gasteiger partial charge on any atom is -0.485 e. The first-order valence-corrected chi connectivity index (χ1v) is 9.26. The predicted molar refractivity (Wildman–Crippen MR) is 105 cm³/mol. The van der Waals surface area contributed by atoms with E-state index in [0.717, 1.165) is 39.0 Å². The number of halogens is 3. The van der Waals surface area contributed by atoms with Gasteiger partial charge in [0.1, 0.15) is 6.10 Å². The topological polar surface area (TPSA) is 44.7 Å². The molecule has 0 bridgehead atoms. The summed E-state index contributed by atoms with van der Waals surface area (Å²) in [4.78, 5) is 2.28. The molecule has 0 spiro atoms. The van der Waals surface area contributed by atoms with Gasteiger partial charge >= 0.3 is 0 Å². The molecule has 1 aliphatic carbocycles. The second-order valence-electron chi connectivity index (χ2n) is 7.59. The highest BCUT2D eigenvalue weighted by Gasteiger charge is 2.40. The summed E-state index contributed by atoms with van der Waals surface area (Å²) in [6, 6.07) is 5.39. The smallest absolute Gasteiger partial charge is 0.169 e.